The monoisotopic (exact) mass is 352 g/mol. The third kappa shape index (κ3) is 4.80. The highest BCUT2D eigenvalue weighted by Crippen LogP contribution is 2.22. The van der Waals surface area contributed by atoms with Crippen LogP contribution in [-0.2, 0) is 14.3 Å². The number of hydrogen-bond acceptors (Lipinski definition) is 5. The first-order valence-electron chi connectivity index (χ1n) is 8.22. The molecule has 1 fully saturated rings. The minimum atomic E-state index is -0.800. The van der Waals surface area contributed by atoms with Gasteiger partial charge >= 0.3 is 5.97 Å². The molecule has 24 heavy (non-hydrogen) atoms. The number of esters is 1. The van der Waals surface area contributed by atoms with E-state index in [9.17, 15) is 14.4 Å². The highest BCUT2D eigenvalue weighted by atomic mass is 32.1. The molecule has 1 N–H and O–H groups in total. The fraction of sp³-hybridized carbons (Fsp3) is 0.588. The van der Waals surface area contributed by atoms with Gasteiger partial charge in [-0.15, -0.1) is 11.3 Å². The molecule has 0 saturated carbocycles. The van der Waals surface area contributed by atoms with Crippen molar-refractivity contribution in [2.45, 2.75) is 45.8 Å². The Balaban J connectivity index is 1.80. The minimum Gasteiger partial charge on any atom is -0.452 e. The van der Waals surface area contributed by atoms with Crippen molar-refractivity contribution in [3.63, 3.8) is 0 Å². The fourth-order valence-corrected chi connectivity index (χ4v) is 3.29. The van der Waals surface area contributed by atoms with Gasteiger partial charge in [0.1, 0.15) is 0 Å². The lowest BCUT2D eigenvalue weighted by Gasteiger charge is -2.31. The van der Waals surface area contributed by atoms with E-state index < -0.39 is 6.10 Å². The topological polar surface area (TPSA) is 75.7 Å². The van der Waals surface area contributed by atoms with Crippen LogP contribution >= 0.6 is 11.3 Å². The molecular weight excluding hydrogens is 328 g/mol. The molecular formula is C17H24N2O4S. The van der Waals surface area contributed by atoms with Crippen molar-refractivity contribution in [3.8, 4) is 0 Å². The predicted molar refractivity (Wildman–Crippen MR) is 91.8 cm³/mol. The second-order valence-corrected chi connectivity index (χ2v) is 7.23. The van der Waals surface area contributed by atoms with E-state index in [1.807, 2.05) is 31.4 Å². The Morgan fingerprint density at radius 1 is 1.25 bits per heavy atom. The molecule has 1 saturated heterocycles. The molecule has 0 aliphatic carbocycles. The predicted octanol–water partition coefficient (Wildman–Crippen LogP) is 2.06. The van der Waals surface area contributed by atoms with Crippen molar-refractivity contribution < 1.29 is 19.1 Å². The number of likely N-dealkylation sites (tertiary alicyclic amines) is 1. The van der Waals surface area contributed by atoms with E-state index in [2.05, 4.69) is 5.32 Å². The van der Waals surface area contributed by atoms with Crippen LogP contribution in [0.15, 0.2) is 17.5 Å². The standard InChI is InChI=1S/C17H24N2O4S/c1-11(2)18-15(20)12(3)23-17(22)13-6-8-19(9-7-13)16(21)14-5-4-10-24-14/h4-5,10-13H,6-9H2,1-3H3,(H,18,20)/t12-/m1/s1. The first kappa shape index (κ1) is 18.4. The summed E-state index contributed by atoms with van der Waals surface area (Å²) in [7, 11) is 0. The van der Waals surface area contributed by atoms with Crippen LogP contribution in [0.4, 0.5) is 0 Å². The minimum absolute atomic E-state index is 0.00477. The molecule has 1 atom stereocenters. The number of nitrogens with one attached hydrogen (secondary N) is 1. The Hall–Kier alpha value is -1.89. The first-order chi connectivity index (χ1) is 11.4. The van der Waals surface area contributed by atoms with E-state index >= 15 is 0 Å². The van der Waals surface area contributed by atoms with Crippen LogP contribution in [0.2, 0.25) is 0 Å². The van der Waals surface area contributed by atoms with Crippen molar-refractivity contribution in [1.82, 2.24) is 10.2 Å². The summed E-state index contributed by atoms with van der Waals surface area (Å²) in [5.74, 6) is -0.888. The van der Waals surface area contributed by atoms with Crippen LogP contribution in [-0.4, -0.2) is 47.9 Å². The van der Waals surface area contributed by atoms with Crippen LogP contribution in [0.1, 0.15) is 43.3 Å². The van der Waals surface area contributed by atoms with Gasteiger partial charge in [-0.3, -0.25) is 14.4 Å². The Morgan fingerprint density at radius 3 is 2.46 bits per heavy atom. The largest absolute Gasteiger partial charge is 0.452 e. The quantitative estimate of drug-likeness (QED) is 0.823. The number of hydrogen-bond donors (Lipinski definition) is 1. The fourth-order valence-electron chi connectivity index (χ4n) is 2.60. The maximum atomic E-state index is 12.3. The Kier molecular flexibility index (Phi) is 6.36. The van der Waals surface area contributed by atoms with Gasteiger partial charge in [0.15, 0.2) is 6.10 Å². The average molecular weight is 352 g/mol. The maximum absolute atomic E-state index is 12.3. The van der Waals surface area contributed by atoms with Gasteiger partial charge < -0.3 is 15.0 Å². The zero-order chi connectivity index (χ0) is 17.7. The summed E-state index contributed by atoms with van der Waals surface area (Å²) < 4.78 is 5.27. The van der Waals surface area contributed by atoms with Crippen molar-refractivity contribution in [2.75, 3.05) is 13.1 Å². The SMILES string of the molecule is CC(C)NC(=O)[C@@H](C)OC(=O)C1CCN(C(=O)c2cccs2)CC1. The van der Waals surface area contributed by atoms with Gasteiger partial charge in [-0.05, 0) is 45.1 Å². The molecule has 7 heteroatoms. The Labute approximate surface area is 146 Å². The molecule has 0 spiro atoms. The molecule has 6 nitrogen and oxygen atoms in total. The number of rotatable bonds is 5. The third-order valence-corrected chi connectivity index (χ3v) is 4.80. The molecule has 0 unspecified atom stereocenters. The molecule has 2 rings (SSSR count). The van der Waals surface area contributed by atoms with Crippen LogP contribution in [0.5, 0.6) is 0 Å². The smallest absolute Gasteiger partial charge is 0.309 e. The molecule has 1 aliphatic rings. The molecule has 0 aromatic carbocycles. The number of nitrogens with zero attached hydrogens (tertiary/aromatic N) is 1. The Bertz CT molecular complexity index is 577. The molecule has 1 aromatic heterocycles. The summed E-state index contributed by atoms with van der Waals surface area (Å²) in [4.78, 5) is 38.8. The molecule has 2 heterocycles. The molecule has 1 aliphatic heterocycles. The number of carbonyl (C=O) groups is 3. The number of ether oxygens (including phenoxy) is 1. The van der Waals surface area contributed by atoms with Crippen LogP contribution < -0.4 is 5.32 Å². The lowest BCUT2D eigenvalue weighted by atomic mass is 9.97. The van der Waals surface area contributed by atoms with E-state index in [4.69, 9.17) is 4.74 Å². The summed E-state index contributed by atoms with van der Waals surface area (Å²) in [5, 5.41) is 4.60. The number of thiophene rings is 1. The zero-order valence-corrected chi connectivity index (χ0v) is 15.1. The number of amides is 2. The second-order valence-electron chi connectivity index (χ2n) is 6.29. The Morgan fingerprint density at radius 2 is 1.92 bits per heavy atom. The van der Waals surface area contributed by atoms with Crippen molar-refractivity contribution in [3.05, 3.63) is 22.4 Å². The van der Waals surface area contributed by atoms with Gasteiger partial charge in [-0.1, -0.05) is 6.07 Å². The first-order valence-corrected chi connectivity index (χ1v) is 9.10. The second kappa shape index (κ2) is 8.28. The maximum Gasteiger partial charge on any atom is 0.309 e. The van der Waals surface area contributed by atoms with E-state index in [0.29, 0.717) is 25.9 Å². The summed E-state index contributed by atoms with van der Waals surface area (Å²) in [5.41, 5.74) is 0. The van der Waals surface area contributed by atoms with Crippen LogP contribution in [0.3, 0.4) is 0 Å². The van der Waals surface area contributed by atoms with Gasteiger partial charge in [0.05, 0.1) is 10.8 Å². The normalized spacial score (nSPS) is 16.8. The molecule has 0 bridgehead atoms. The summed E-state index contributed by atoms with van der Waals surface area (Å²) in [6.45, 7) is 6.34. The number of carbonyl (C=O) groups excluding carboxylic acids is 3. The van der Waals surface area contributed by atoms with Gasteiger partial charge in [0.25, 0.3) is 11.8 Å². The lowest BCUT2D eigenvalue weighted by Crippen LogP contribution is -2.43. The molecule has 2 amide bonds. The van der Waals surface area contributed by atoms with Gasteiger partial charge in [0.2, 0.25) is 0 Å². The third-order valence-electron chi connectivity index (χ3n) is 3.94. The summed E-state index contributed by atoms with van der Waals surface area (Å²) in [6, 6.07) is 3.67. The van der Waals surface area contributed by atoms with Crippen molar-refractivity contribution in [2.24, 2.45) is 5.92 Å². The number of piperidine rings is 1. The van der Waals surface area contributed by atoms with Gasteiger partial charge in [-0.2, -0.15) is 0 Å². The van der Waals surface area contributed by atoms with Crippen molar-refractivity contribution in [1.29, 1.82) is 0 Å². The average Bonchev–Trinajstić information content (AvgIpc) is 3.08. The highest BCUT2D eigenvalue weighted by molar-refractivity contribution is 7.12. The van der Waals surface area contributed by atoms with Crippen LogP contribution in [0, 0.1) is 5.92 Å². The summed E-state index contributed by atoms with van der Waals surface area (Å²) in [6.07, 6.45) is 0.328. The van der Waals surface area contributed by atoms with E-state index in [0.717, 1.165) is 4.88 Å². The van der Waals surface area contributed by atoms with E-state index in [-0.39, 0.29) is 29.7 Å². The lowest BCUT2D eigenvalue weighted by molar-refractivity contribution is -0.160. The van der Waals surface area contributed by atoms with Crippen LogP contribution in [0.25, 0.3) is 0 Å². The van der Waals surface area contributed by atoms with E-state index in [1.54, 1.807) is 11.8 Å². The zero-order valence-electron chi connectivity index (χ0n) is 14.3. The molecule has 1 aromatic rings. The van der Waals surface area contributed by atoms with Crippen molar-refractivity contribution >= 4 is 29.1 Å². The van der Waals surface area contributed by atoms with Gasteiger partial charge in [0, 0.05) is 19.1 Å². The molecule has 132 valence electrons. The summed E-state index contributed by atoms with van der Waals surface area (Å²) >= 11 is 1.42. The van der Waals surface area contributed by atoms with E-state index in [1.165, 1.54) is 11.3 Å². The van der Waals surface area contributed by atoms with Gasteiger partial charge in [-0.25, -0.2) is 0 Å². The molecule has 0 radical (unpaired) electrons. The highest BCUT2D eigenvalue weighted by Gasteiger charge is 2.31.